The molecule has 10 heteroatoms. The van der Waals surface area contributed by atoms with E-state index in [2.05, 4.69) is 10.3 Å². The van der Waals surface area contributed by atoms with Crippen molar-refractivity contribution in [1.29, 1.82) is 0 Å². The third-order valence-corrected chi connectivity index (χ3v) is 5.83. The second kappa shape index (κ2) is 7.63. The molecule has 1 aliphatic heterocycles. The molecule has 0 saturated carbocycles. The molecule has 1 N–H and O–H groups in total. The molecule has 1 aromatic carbocycles. The fraction of sp³-hybridized carbons (Fsp3) is 0.438. The van der Waals surface area contributed by atoms with Crippen molar-refractivity contribution in [2.24, 2.45) is 4.99 Å². The maximum atomic E-state index is 12.8. The van der Waals surface area contributed by atoms with E-state index in [1.54, 1.807) is 20.9 Å². The summed E-state index contributed by atoms with van der Waals surface area (Å²) in [6.45, 7) is 3.48. The third kappa shape index (κ3) is 3.92. The average molecular weight is 561 g/mol. The van der Waals surface area contributed by atoms with Crippen molar-refractivity contribution in [1.82, 2.24) is 10.2 Å². The van der Waals surface area contributed by atoms with Crippen LogP contribution in [-0.2, 0) is 12.7 Å². The number of benzene rings is 1. The first kappa shape index (κ1) is 20.8. The van der Waals surface area contributed by atoms with Gasteiger partial charge in [-0.2, -0.15) is 0 Å². The van der Waals surface area contributed by atoms with Gasteiger partial charge in [0.1, 0.15) is 0 Å². The predicted octanol–water partition coefficient (Wildman–Crippen LogP) is 2.69. The first-order valence-electron chi connectivity index (χ1n) is 7.92. The zero-order chi connectivity index (χ0) is 19.7. The van der Waals surface area contributed by atoms with Crippen molar-refractivity contribution in [2.75, 3.05) is 11.2 Å². The van der Waals surface area contributed by atoms with Crippen LogP contribution in [0.1, 0.15) is 25.0 Å². The number of aliphatic imine (C=N–C) groups is 1. The van der Waals surface area contributed by atoms with Crippen LogP contribution in [0, 0.1) is 0 Å². The summed E-state index contributed by atoms with van der Waals surface area (Å²) in [6, 6.07) is 3.69. The van der Waals surface area contributed by atoms with Gasteiger partial charge in [-0.25, -0.2) is 0 Å². The molecule has 0 aromatic heterocycles. The van der Waals surface area contributed by atoms with Gasteiger partial charge in [-0.3, -0.25) is 0 Å². The van der Waals surface area contributed by atoms with E-state index in [1.807, 2.05) is 0 Å². The van der Waals surface area contributed by atoms with Crippen molar-refractivity contribution in [3.63, 3.8) is 0 Å². The zero-order valence-corrected chi connectivity index (χ0v) is 19.2. The summed E-state index contributed by atoms with van der Waals surface area (Å²) in [4.78, 5) is 30.8. The number of halogens is 3. The van der Waals surface area contributed by atoms with Crippen LogP contribution in [0.5, 0.6) is 0 Å². The molecular formula is C16H19F3N4O2Tl+. The summed E-state index contributed by atoms with van der Waals surface area (Å²) in [5, 5.41) is 2.63. The van der Waals surface area contributed by atoms with Crippen molar-refractivity contribution >= 4 is 43.8 Å². The minimum atomic E-state index is -4.43. The number of alkyl halides is 3. The Kier molecular flexibility index (Phi) is 6.10. The van der Waals surface area contributed by atoms with Gasteiger partial charge in [-0.15, -0.1) is 0 Å². The van der Waals surface area contributed by atoms with Gasteiger partial charge in [0.05, 0.1) is 0 Å². The van der Waals surface area contributed by atoms with E-state index < -0.39 is 22.3 Å². The van der Waals surface area contributed by atoms with E-state index in [9.17, 15) is 22.8 Å². The number of nitrogens with zero attached hydrogens (tertiary/aromatic N) is 3. The monoisotopic (exact) mass is 561 g/mol. The van der Waals surface area contributed by atoms with Crippen LogP contribution in [0.4, 0.5) is 22.8 Å². The summed E-state index contributed by atoms with van der Waals surface area (Å²) < 4.78 is 38.4. The Morgan fingerprint density at radius 2 is 1.96 bits per heavy atom. The molecule has 1 unspecified atom stereocenters. The third-order valence-electron chi connectivity index (χ3n) is 4.41. The molecule has 0 aliphatic carbocycles. The number of urea groups is 2. The second-order valence-electron chi connectivity index (χ2n) is 6.33. The van der Waals surface area contributed by atoms with Gasteiger partial charge in [0.25, 0.3) is 0 Å². The van der Waals surface area contributed by atoms with Crippen LogP contribution in [-0.4, -0.2) is 70.4 Å². The Balaban J connectivity index is 2.29. The molecule has 1 aromatic rings. The number of imide groups is 1. The normalized spacial score (nSPS) is 22.8. The van der Waals surface area contributed by atoms with Crippen LogP contribution in [0.15, 0.2) is 29.3 Å². The summed E-state index contributed by atoms with van der Waals surface area (Å²) in [7, 11) is 1.54. The Hall–Kier alpha value is -1.50. The molecule has 138 valence electrons. The number of rotatable bonds is 4. The Morgan fingerprint density at radius 1 is 1.31 bits per heavy atom. The van der Waals surface area contributed by atoms with Crippen LogP contribution < -0.4 is 5.32 Å². The van der Waals surface area contributed by atoms with E-state index in [-0.39, 0.29) is 24.6 Å². The van der Waals surface area contributed by atoms with Gasteiger partial charge in [0, 0.05) is 0 Å². The SMILES string of the molecule is CC(C)[N+]1(C)C(=O)NC(=NCc2cccc(C(F)(F)F)c2)N([CH2][Tl])C1=O. The Morgan fingerprint density at radius 3 is 2.50 bits per heavy atom. The van der Waals surface area contributed by atoms with Gasteiger partial charge in [-0.1, -0.05) is 0 Å². The second-order valence-corrected chi connectivity index (χ2v) is 7.75. The summed E-state index contributed by atoms with van der Waals surface area (Å²) >= 11 is 0.443. The van der Waals surface area contributed by atoms with Crippen molar-refractivity contribution in [2.45, 2.75) is 32.6 Å². The number of carbonyl (C=O) groups is 2. The first-order chi connectivity index (χ1) is 12.0. The van der Waals surface area contributed by atoms with Gasteiger partial charge in [0.15, 0.2) is 0 Å². The molecule has 26 heavy (non-hydrogen) atoms. The number of quaternary nitrogens is 1. The number of carbonyl (C=O) groups excluding carboxylic acids is 2. The minimum absolute atomic E-state index is 0.0701. The number of nitrogens with one attached hydrogen (secondary N) is 1. The van der Waals surface area contributed by atoms with E-state index in [0.29, 0.717) is 35.4 Å². The van der Waals surface area contributed by atoms with Crippen molar-refractivity contribution < 1.29 is 27.2 Å². The number of amides is 4. The topological polar surface area (TPSA) is 61.8 Å². The molecular weight excluding hydrogens is 542 g/mol. The summed E-state index contributed by atoms with van der Waals surface area (Å²) in [5.74, 6) is 0.0937. The van der Waals surface area contributed by atoms with E-state index in [4.69, 9.17) is 0 Å². The molecule has 0 radical (unpaired) electrons. The predicted molar refractivity (Wildman–Crippen MR) is 90.3 cm³/mol. The molecule has 1 aliphatic rings. The van der Waals surface area contributed by atoms with Crippen LogP contribution in [0.3, 0.4) is 0 Å². The molecule has 4 amide bonds. The number of hydrogen-bond donors (Lipinski definition) is 1. The van der Waals surface area contributed by atoms with Crippen molar-refractivity contribution in [3.05, 3.63) is 35.4 Å². The van der Waals surface area contributed by atoms with Crippen molar-refractivity contribution in [3.8, 4) is 0 Å². The quantitative estimate of drug-likeness (QED) is 0.455. The van der Waals surface area contributed by atoms with E-state index in [0.717, 1.165) is 12.1 Å². The number of guanidine groups is 1. The van der Waals surface area contributed by atoms with Gasteiger partial charge in [-0.05, 0) is 0 Å². The molecule has 2 rings (SSSR count). The zero-order valence-electron chi connectivity index (χ0n) is 14.7. The fourth-order valence-corrected chi connectivity index (χ4v) is 3.74. The molecule has 1 saturated heterocycles. The molecule has 0 bridgehead atoms. The first-order valence-corrected chi connectivity index (χ1v) is 11.1. The molecule has 0 spiro atoms. The Bertz CT molecular complexity index is 751. The van der Waals surface area contributed by atoms with E-state index >= 15 is 0 Å². The van der Waals surface area contributed by atoms with Crippen LogP contribution in [0.2, 0.25) is 0 Å². The van der Waals surface area contributed by atoms with Gasteiger partial charge in [0.2, 0.25) is 0 Å². The van der Waals surface area contributed by atoms with Gasteiger partial charge >= 0.3 is 165 Å². The Labute approximate surface area is 165 Å². The molecule has 1 fully saturated rings. The fourth-order valence-electron chi connectivity index (χ4n) is 2.46. The summed E-state index contributed by atoms with van der Waals surface area (Å²) in [6.07, 6.45) is -4.43. The molecule has 1 atom stereocenters. The van der Waals surface area contributed by atoms with Crippen LogP contribution >= 0.6 is 0 Å². The standard InChI is InChI=1S/C16H18F3N4O2.Tl/c1-10(2)23(4)14(24)21-13(22(3)15(23)25)20-9-11-6-5-7-12(8-11)16(17,18)19;/h5-8,10H,3,9H2,1-2,4H3;/p+1. The molecule has 6 nitrogen and oxygen atoms in total. The van der Waals surface area contributed by atoms with E-state index in [1.165, 1.54) is 17.0 Å². The van der Waals surface area contributed by atoms with Gasteiger partial charge < -0.3 is 0 Å². The number of hydrogen-bond acceptors (Lipinski definition) is 3. The summed E-state index contributed by atoms with van der Waals surface area (Å²) in [5.41, 5.74) is -0.416. The van der Waals surface area contributed by atoms with Crippen LogP contribution in [0.25, 0.3) is 0 Å². The average Bonchev–Trinajstić information content (AvgIpc) is 2.57. The molecule has 1 heterocycles. The maximum absolute atomic E-state index is 12.8.